The molecule has 1 aromatic rings. The Morgan fingerprint density at radius 3 is 2.66 bits per heavy atom. The van der Waals surface area contributed by atoms with Crippen LogP contribution in [-0.2, 0) is 14.3 Å². The number of terminal acetylenes is 1. The first-order valence-corrected chi connectivity index (χ1v) is 9.95. The molecular formula is C21H21IN2O5. The molecule has 1 unspecified atom stereocenters. The fraction of sp³-hybridized carbons (Fsp3) is 0.333. The van der Waals surface area contributed by atoms with Crippen LogP contribution in [0.4, 0.5) is 0 Å². The van der Waals surface area contributed by atoms with E-state index in [4.69, 9.17) is 31.1 Å². The SMILES string of the molecule is C#CCOc1c(I)cc(C2C(C#N)=C(N)OC(C)=C2C(=O)OCC)cc1OCC. The summed E-state index contributed by atoms with van der Waals surface area (Å²) >= 11 is 2.09. The highest BCUT2D eigenvalue weighted by Crippen LogP contribution is 2.44. The molecule has 1 atom stereocenters. The number of nitrogens with two attached hydrogens (primary N) is 1. The fourth-order valence-electron chi connectivity index (χ4n) is 2.96. The summed E-state index contributed by atoms with van der Waals surface area (Å²) in [5.41, 5.74) is 6.90. The minimum Gasteiger partial charge on any atom is -0.490 e. The average molecular weight is 508 g/mol. The van der Waals surface area contributed by atoms with E-state index in [0.717, 1.165) is 0 Å². The lowest BCUT2D eigenvalue weighted by molar-refractivity contribution is -0.139. The van der Waals surface area contributed by atoms with E-state index in [1.54, 1.807) is 26.0 Å². The van der Waals surface area contributed by atoms with Gasteiger partial charge in [-0.05, 0) is 61.1 Å². The molecule has 152 valence electrons. The summed E-state index contributed by atoms with van der Waals surface area (Å²) in [4.78, 5) is 12.7. The van der Waals surface area contributed by atoms with E-state index in [-0.39, 0.29) is 36.0 Å². The Kier molecular flexibility index (Phi) is 7.80. The highest BCUT2D eigenvalue weighted by atomic mass is 127. The van der Waals surface area contributed by atoms with Crippen LogP contribution in [0.2, 0.25) is 0 Å². The van der Waals surface area contributed by atoms with Crippen LogP contribution < -0.4 is 15.2 Å². The lowest BCUT2D eigenvalue weighted by Gasteiger charge is -2.27. The molecule has 1 aromatic carbocycles. The third-order valence-corrected chi connectivity index (χ3v) is 4.87. The molecule has 2 N–H and O–H groups in total. The zero-order valence-electron chi connectivity index (χ0n) is 16.4. The second-order valence-corrected chi connectivity index (χ2v) is 7.03. The number of carbonyl (C=O) groups excluding carboxylic acids is 1. The van der Waals surface area contributed by atoms with Crippen molar-refractivity contribution in [2.75, 3.05) is 19.8 Å². The van der Waals surface area contributed by atoms with Gasteiger partial charge in [0.15, 0.2) is 11.5 Å². The number of hydrogen-bond donors (Lipinski definition) is 1. The third kappa shape index (κ3) is 4.77. The molecular weight excluding hydrogens is 487 g/mol. The molecule has 0 saturated carbocycles. The smallest absolute Gasteiger partial charge is 0.338 e. The van der Waals surface area contributed by atoms with Crippen molar-refractivity contribution in [1.29, 1.82) is 5.26 Å². The number of nitrogens with zero attached hydrogens (tertiary/aromatic N) is 1. The minimum absolute atomic E-state index is 0.0522. The topological polar surface area (TPSA) is 104 Å². The number of esters is 1. The van der Waals surface area contributed by atoms with Crippen molar-refractivity contribution in [1.82, 2.24) is 0 Å². The summed E-state index contributed by atoms with van der Waals surface area (Å²) in [6, 6.07) is 5.56. The summed E-state index contributed by atoms with van der Waals surface area (Å²) in [5.74, 6) is 2.26. The third-order valence-electron chi connectivity index (χ3n) is 4.07. The van der Waals surface area contributed by atoms with Gasteiger partial charge in [0.05, 0.1) is 28.3 Å². The van der Waals surface area contributed by atoms with Crippen molar-refractivity contribution in [3.05, 3.63) is 44.1 Å². The number of hydrogen-bond acceptors (Lipinski definition) is 7. The van der Waals surface area contributed by atoms with E-state index in [1.165, 1.54) is 0 Å². The number of benzene rings is 1. The van der Waals surface area contributed by atoms with E-state index in [0.29, 0.717) is 27.2 Å². The van der Waals surface area contributed by atoms with Crippen LogP contribution in [0.25, 0.3) is 0 Å². The maximum absolute atomic E-state index is 12.7. The van der Waals surface area contributed by atoms with Gasteiger partial charge in [-0.15, -0.1) is 6.42 Å². The second kappa shape index (κ2) is 10.1. The van der Waals surface area contributed by atoms with Crippen molar-refractivity contribution < 1.29 is 23.7 Å². The molecule has 29 heavy (non-hydrogen) atoms. The first-order valence-electron chi connectivity index (χ1n) is 8.87. The van der Waals surface area contributed by atoms with Crippen molar-refractivity contribution >= 4 is 28.6 Å². The highest BCUT2D eigenvalue weighted by molar-refractivity contribution is 14.1. The van der Waals surface area contributed by atoms with Gasteiger partial charge in [-0.3, -0.25) is 0 Å². The molecule has 0 saturated heterocycles. The summed E-state index contributed by atoms with van der Waals surface area (Å²) in [6.07, 6.45) is 5.30. The normalized spacial score (nSPS) is 15.9. The Labute approximate surface area is 183 Å². The van der Waals surface area contributed by atoms with Gasteiger partial charge in [0.25, 0.3) is 0 Å². The fourth-order valence-corrected chi connectivity index (χ4v) is 3.74. The predicted molar refractivity (Wildman–Crippen MR) is 115 cm³/mol. The van der Waals surface area contributed by atoms with Gasteiger partial charge in [0.2, 0.25) is 5.88 Å². The van der Waals surface area contributed by atoms with Gasteiger partial charge in [-0.25, -0.2) is 4.79 Å². The number of nitriles is 1. The standard InChI is InChI=1S/C21H21IN2O5/c1-5-8-28-19-15(22)9-13(10-16(19)26-6-2)18-14(11-23)20(24)29-12(4)17(18)21(25)27-7-3/h1,9-10,18H,6-8,24H2,2-4H3. The van der Waals surface area contributed by atoms with Crippen molar-refractivity contribution in [3.63, 3.8) is 0 Å². The van der Waals surface area contributed by atoms with E-state index in [1.807, 2.05) is 6.92 Å². The summed E-state index contributed by atoms with van der Waals surface area (Å²) < 4.78 is 22.7. The van der Waals surface area contributed by atoms with Gasteiger partial charge in [0, 0.05) is 0 Å². The van der Waals surface area contributed by atoms with Crippen LogP contribution in [0.3, 0.4) is 0 Å². The van der Waals surface area contributed by atoms with Gasteiger partial charge in [0.1, 0.15) is 24.0 Å². The Bertz CT molecular complexity index is 953. The van der Waals surface area contributed by atoms with E-state index < -0.39 is 11.9 Å². The summed E-state index contributed by atoms with van der Waals surface area (Å²) in [7, 11) is 0. The first-order chi connectivity index (χ1) is 13.9. The Morgan fingerprint density at radius 2 is 2.07 bits per heavy atom. The first kappa shape index (κ1) is 22.4. The minimum atomic E-state index is -0.762. The number of halogens is 1. The molecule has 0 spiro atoms. The van der Waals surface area contributed by atoms with Crippen molar-refractivity contribution in [3.8, 4) is 29.9 Å². The molecule has 0 fully saturated rings. The number of rotatable bonds is 7. The van der Waals surface area contributed by atoms with Gasteiger partial charge in [-0.2, -0.15) is 5.26 Å². The molecule has 0 bridgehead atoms. The molecule has 0 aliphatic carbocycles. The quantitative estimate of drug-likeness (QED) is 0.342. The molecule has 0 amide bonds. The molecule has 1 heterocycles. The molecule has 7 nitrogen and oxygen atoms in total. The number of carbonyl (C=O) groups is 1. The molecule has 1 aliphatic rings. The van der Waals surface area contributed by atoms with E-state index >= 15 is 0 Å². The Balaban J connectivity index is 2.69. The van der Waals surface area contributed by atoms with E-state index in [2.05, 4.69) is 34.6 Å². The lowest BCUT2D eigenvalue weighted by atomic mass is 9.83. The summed E-state index contributed by atoms with van der Waals surface area (Å²) in [6.45, 7) is 5.81. The zero-order chi connectivity index (χ0) is 21.6. The van der Waals surface area contributed by atoms with Crippen LogP contribution >= 0.6 is 22.6 Å². The molecule has 0 radical (unpaired) electrons. The van der Waals surface area contributed by atoms with Crippen LogP contribution in [0.5, 0.6) is 11.5 Å². The number of allylic oxidation sites excluding steroid dienone is 2. The van der Waals surface area contributed by atoms with Crippen LogP contribution in [0.15, 0.2) is 34.9 Å². The van der Waals surface area contributed by atoms with Crippen LogP contribution in [-0.4, -0.2) is 25.8 Å². The van der Waals surface area contributed by atoms with E-state index in [9.17, 15) is 10.1 Å². The van der Waals surface area contributed by atoms with Crippen molar-refractivity contribution in [2.45, 2.75) is 26.7 Å². The van der Waals surface area contributed by atoms with Gasteiger partial charge in [-0.1, -0.05) is 5.92 Å². The molecule has 8 heteroatoms. The Hall–Kier alpha value is -2.85. The zero-order valence-corrected chi connectivity index (χ0v) is 18.5. The maximum atomic E-state index is 12.7. The lowest BCUT2D eigenvalue weighted by Crippen LogP contribution is -2.25. The highest BCUT2D eigenvalue weighted by Gasteiger charge is 2.37. The monoisotopic (exact) mass is 508 g/mol. The van der Waals surface area contributed by atoms with Crippen LogP contribution in [0, 0.1) is 27.2 Å². The Morgan fingerprint density at radius 1 is 1.34 bits per heavy atom. The molecule has 2 rings (SSSR count). The molecule has 1 aliphatic heterocycles. The second-order valence-electron chi connectivity index (χ2n) is 5.87. The predicted octanol–water partition coefficient (Wildman–Crippen LogP) is 3.35. The molecule has 0 aromatic heterocycles. The largest absolute Gasteiger partial charge is 0.490 e. The van der Waals surface area contributed by atoms with Gasteiger partial charge >= 0.3 is 5.97 Å². The van der Waals surface area contributed by atoms with Crippen molar-refractivity contribution in [2.24, 2.45) is 5.73 Å². The summed E-state index contributed by atoms with van der Waals surface area (Å²) in [5, 5.41) is 9.70. The average Bonchev–Trinajstić information content (AvgIpc) is 2.67. The maximum Gasteiger partial charge on any atom is 0.338 e. The number of ether oxygens (including phenoxy) is 4. The van der Waals surface area contributed by atoms with Crippen LogP contribution in [0.1, 0.15) is 32.3 Å². The van der Waals surface area contributed by atoms with Gasteiger partial charge < -0.3 is 24.7 Å².